The van der Waals surface area contributed by atoms with Gasteiger partial charge in [0.2, 0.25) is 0 Å². The van der Waals surface area contributed by atoms with Crippen LogP contribution in [-0.4, -0.2) is 31.3 Å². The standard InChI is InChI=1S/C11H14N2O/c1-2-10-3-4-11(12-9-10)13-5-7-14-8-6-13/h2-4,9H,1,5-8H2. The highest BCUT2D eigenvalue weighted by atomic mass is 16.5. The second-order valence-electron chi connectivity index (χ2n) is 3.25. The number of rotatable bonds is 2. The van der Waals surface area contributed by atoms with Gasteiger partial charge in [-0.25, -0.2) is 4.98 Å². The minimum atomic E-state index is 0.797. The molecule has 14 heavy (non-hydrogen) atoms. The molecule has 0 atom stereocenters. The molecular formula is C11H14N2O. The minimum absolute atomic E-state index is 0.797. The van der Waals surface area contributed by atoms with Crippen LogP contribution in [0.25, 0.3) is 6.08 Å². The molecule has 1 fully saturated rings. The zero-order valence-electron chi connectivity index (χ0n) is 8.15. The summed E-state index contributed by atoms with van der Waals surface area (Å²) in [4.78, 5) is 6.60. The Kier molecular flexibility index (Phi) is 2.79. The molecule has 0 aliphatic carbocycles. The fraction of sp³-hybridized carbons (Fsp3) is 0.364. The molecule has 1 aromatic rings. The zero-order valence-corrected chi connectivity index (χ0v) is 8.15. The predicted octanol–water partition coefficient (Wildman–Crippen LogP) is 1.56. The average molecular weight is 190 g/mol. The zero-order chi connectivity index (χ0) is 9.80. The van der Waals surface area contributed by atoms with Crippen LogP contribution in [0.2, 0.25) is 0 Å². The SMILES string of the molecule is C=Cc1ccc(N2CCOCC2)nc1. The van der Waals surface area contributed by atoms with Crippen molar-refractivity contribution in [1.82, 2.24) is 4.98 Å². The summed E-state index contributed by atoms with van der Waals surface area (Å²) in [5.74, 6) is 1.03. The van der Waals surface area contributed by atoms with Crippen molar-refractivity contribution in [3.8, 4) is 0 Å². The van der Waals surface area contributed by atoms with E-state index in [0.717, 1.165) is 37.7 Å². The largest absolute Gasteiger partial charge is 0.378 e. The molecular weight excluding hydrogens is 176 g/mol. The van der Waals surface area contributed by atoms with Gasteiger partial charge in [-0.2, -0.15) is 0 Å². The molecule has 0 N–H and O–H groups in total. The van der Waals surface area contributed by atoms with E-state index in [-0.39, 0.29) is 0 Å². The van der Waals surface area contributed by atoms with E-state index in [2.05, 4.69) is 16.5 Å². The minimum Gasteiger partial charge on any atom is -0.378 e. The molecule has 1 aliphatic rings. The Bertz CT molecular complexity index is 302. The molecule has 0 radical (unpaired) electrons. The maximum atomic E-state index is 5.28. The fourth-order valence-corrected chi connectivity index (χ4v) is 1.50. The number of hydrogen-bond donors (Lipinski definition) is 0. The van der Waals surface area contributed by atoms with Gasteiger partial charge in [-0.3, -0.25) is 0 Å². The summed E-state index contributed by atoms with van der Waals surface area (Å²) in [6.07, 6.45) is 3.65. The Balaban J connectivity index is 2.11. The molecule has 3 nitrogen and oxygen atoms in total. The number of anilines is 1. The van der Waals surface area contributed by atoms with Crippen LogP contribution in [0.15, 0.2) is 24.9 Å². The second kappa shape index (κ2) is 4.24. The van der Waals surface area contributed by atoms with E-state index in [4.69, 9.17) is 4.74 Å². The Morgan fingerprint density at radius 2 is 2.14 bits per heavy atom. The Labute approximate surface area is 84.0 Å². The molecule has 0 spiro atoms. The van der Waals surface area contributed by atoms with E-state index in [0.29, 0.717) is 0 Å². The number of ether oxygens (including phenoxy) is 1. The van der Waals surface area contributed by atoms with Crippen LogP contribution in [0.5, 0.6) is 0 Å². The lowest BCUT2D eigenvalue weighted by atomic mass is 10.3. The van der Waals surface area contributed by atoms with E-state index in [1.54, 1.807) is 6.08 Å². The molecule has 1 saturated heterocycles. The lowest BCUT2D eigenvalue weighted by Gasteiger charge is -2.27. The van der Waals surface area contributed by atoms with E-state index in [1.807, 2.05) is 18.3 Å². The third-order valence-electron chi connectivity index (χ3n) is 2.34. The van der Waals surface area contributed by atoms with Gasteiger partial charge in [0.05, 0.1) is 13.2 Å². The molecule has 3 heteroatoms. The van der Waals surface area contributed by atoms with Gasteiger partial charge in [0.1, 0.15) is 5.82 Å². The van der Waals surface area contributed by atoms with Gasteiger partial charge in [0.15, 0.2) is 0 Å². The third-order valence-corrected chi connectivity index (χ3v) is 2.34. The summed E-state index contributed by atoms with van der Waals surface area (Å²) in [5, 5.41) is 0. The van der Waals surface area contributed by atoms with Crippen molar-refractivity contribution in [3.63, 3.8) is 0 Å². The molecule has 74 valence electrons. The Morgan fingerprint density at radius 3 is 2.71 bits per heavy atom. The first-order valence-corrected chi connectivity index (χ1v) is 4.81. The molecule has 0 aromatic carbocycles. The molecule has 0 bridgehead atoms. The number of hydrogen-bond acceptors (Lipinski definition) is 3. The van der Waals surface area contributed by atoms with Crippen molar-refractivity contribution in [1.29, 1.82) is 0 Å². The lowest BCUT2D eigenvalue weighted by molar-refractivity contribution is 0.122. The first kappa shape index (κ1) is 9.21. The van der Waals surface area contributed by atoms with Crippen LogP contribution >= 0.6 is 0 Å². The van der Waals surface area contributed by atoms with Gasteiger partial charge in [-0.05, 0) is 17.7 Å². The predicted molar refractivity (Wildman–Crippen MR) is 57.4 cm³/mol. The van der Waals surface area contributed by atoms with Crippen molar-refractivity contribution < 1.29 is 4.74 Å². The van der Waals surface area contributed by atoms with Crippen molar-refractivity contribution in [2.75, 3.05) is 31.2 Å². The summed E-state index contributed by atoms with van der Waals surface area (Å²) < 4.78 is 5.28. The number of aromatic nitrogens is 1. The van der Waals surface area contributed by atoms with Gasteiger partial charge in [0, 0.05) is 19.3 Å². The lowest BCUT2D eigenvalue weighted by Crippen LogP contribution is -2.36. The van der Waals surface area contributed by atoms with Crippen LogP contribution in [0.3, 0.4) is 0 Å². The normalized spacial score (nSPS) is 16.7. The summed E-state index contributed by atoms with van der Waals surface area (Å²) in [5.41, 5.74) is 1.06. The van der Waals surface area contributed by atoms with Crippen LogP contribution in [0.1, 0.15) is 5.56 Å². The van der Waals surface area contributed by atoms with Crippen LogP contribution in [-0.2, 0) is 4.74 Å². The van der Waals surface area contributed by atoms with E-state index in [9.17, 15) is 0 Å². The second-order valence-corrected chi connectivity index (χ2v) is 3.25. The Morgan fingerprint density at radius 1 is 1.36 bits per heavy atom. The summed E-state index contributed by atoms with van der Waals surface area (Å²) in [6.45, 7) is 7.15. The highest BCUT2D eigenvalue weighted by Crippen LogP contribution is 2.13. The molecule has 0 saturated carbocycles. The molecule has 2 heterocycles. The third kappa shape index (κ3) is 1.93. The highest BCUT2D eigenvalue weighted by Gasteiger charge is 2.11. The summed E-state index contributed by atoms with van der Waals surface area (Å²) in [6, 6.07) is 4.06. The first-order chi connectivity index (χ1) is 6.90. The van der Waals surface area contributed by atoms with Gasteiger partial charge >= 0.3 is 0 Å². The van der Waals surface area contributed by atoms with Gasteiger partial charge in [-0.1, -0.05) is 12.7 Å². The van der Waals surface area contributed by atoms with Crippen LogP contribution in [0.4, 0.5) is 5.82 Å². The highest BCUT2D eigenvalue weighted by molar-refractivity contribution is 5.49. The molecule has 0 unspecified atom stereocenters. The average Bonchev–Trinajstić information content (AvgIpc) is 2.30. The number of pyridine rings is 1. The van der Waals surface area contributed by atoms with Gasteiger partial charge < -0.3 is 9.64 Å². The topological polar surface area (TPSA) is 25.4 Å². The van der Waals surface area contributed by atoms with E-state index < -0.39 is 0 Å². The van der Waals surface area contributed by atoms with Crippen molar-refractivity contribution in [2.24, 2.45) is 0 Å². The van der Waals surface area contributed by atoms with Crippen molar-refractivity contribution in [3.05, 3.63) is 30.5 Å². The molecule has 1 aliphatic heterocycles. The number of morpholine rings is 1. The summed E-state index contributed by atoms with van der Waals surface area (Å²) >= 11 is 0. The van der Waals surface area contributed by atoms with Gasteiger partial charge in [0.25, 0.3) is 0 Å². The molecule has 0 amide bonds. The van der Waals surface area contributed by atoms with Gasteiger partial charge in [-0.15, -0.1) is 0 Å². The maximum absolute atomic E-state index is 5.28. The first-order valence-electron chi connectivity index (χ1n) is 4.81. The van der Waals surface area contributed by atoms with Crippen molar-refractivity contribution in [2.45, 2.75) is 0 Å². The molecule has 1 aromatic heterocycles. The Hall–Kier alpha value is -1.35. The molecule has 2 rings (SSSR count). The van der Waals surface area contributed by atoms with E-state index >= 15 is 0 Å². The summed E-state index contributed by atoms with van der Waals surface area (Å²) in [7, 11) is 0. The quantitative estimate of drug-likeness (QED) is 0.707. The van der Waals surface area contributed by atoms with Crippen molar-refractivity contribution >= 4 is 11.9 Å². The maximum Gasteiger partial charge on any atom is 0.128 e. The van der Waals surface area contributed by atoms with Crippen LogP contribution in [0, 0.1) is 0 Å². The van der Waals surface area contributed by atoms with Crippen LogP contribution < -0.4 is 4.90 Å². The monoisotopic (exact) mass is 190 g/mol. The smallest absolute Gasteiger partial charge is 0.128 e. The van der Waals surface area contributed by atoms with E-state index in [1.165, 1.54) is 0 Å². The number of nitrogens with zero attached hydrogens (tertiary/aromatic N) is 2. The fourth-order valence-electron chi connectivity index (χ4n) is 1.50.